The van der Waals surface area contributed by atoms with Crippen LogP contribution in [0.15, 0.2) is 49.1 Å². The molecule has 1 N–H and O–H groups in total. The molecule has 0 bridgehead atoms. The van der Waals surface area contributed by atoms with E-state index in [0.29, 0.717) is 0 Å². The van der Waals surface area contributed by atoms with E-state index in [1.54, 1.807) is 0 Å². The molecule has 2 heterocycles. The zero-order chi connectivity index (χ0) is 15.3. The number of hydrogen-bond donors (Lipinski definition) is 1. The molecule has 1 aromatic heterocycles. The molecule has 118 valence electrons. The first-order valence-electron chi connectivity index (χ1n) is 8.22. The number of aryl methyl sites for hydroxylation is 1. The number of piperidine rings is 1. The fourth-order valence-corrected chi connectivity index (χ4v) is 3.23. The van der Waals surface area contributed by atoms with Gasteiger partial charge in [-0.15, -0.1) is 0 Å². The van der Waals surface area contributed by atoms with E-state index in [1.807, 2.05) is 49.1 Å². The Morgan fingerprint density at radius 2 is 1.77 bits per heavy atom. The van der Waals surface area contributed by atoms with E-state index in [-0.39, 0.29) is 0 Å². The molecule has 22 heavy (non-hydrogen) atoms. The first-order valence-corrected chi connectivity index (χ1v) is 8.22. The second kappa shape index (κ2) is 7.07. The average Bonchev–Trinajstić information content (AvgIpc) is 3.08. The van der Waals surface area contributed by atoms with Gasteiger partial charge in [0.1, 0.15) is 0 Å². The second-order valence-electron chi connectivity index (χ2n) is 6.25. The maximum absolute atomic E-state index is 10.8. The highest BCUT2D eigenvalue weighted by Crippen LogP contribution is 2.32. The van der Waals surface area contributed by atoms with Crippen LogP contribution in [-0.4, -0.2) is 39.2 Å². The first kappa shape index (κ1) is 15.3. The van der Waals surface area contributed by atoms with Gasteiger partial charge in [-0.3, -0.25) is 0 Å². The third-order valence-corrected chi connectivity index (χ3v) is 4.69. The highest BCUT2D eigenvalue weighted by Gasteiger charge is 2.33. The summed E-state index contributed by atoms with van der Waals surface area (Å²) < 4.78 is 2.13. The van der Waals surface area contributed by atoms with Gasteiger partial charge < -0.3 is 14.6 Å². The van der Waals surface area contributed by atoms with Crippen LogP contribution < -0.4 is 0 Å². The summed E-state index contributed by atoms with van der Waals surface area (Å²) in [4.78, 5) is 6.54. The van der Waals surface area contributed by atoms with Gasteiger partial charge in [0, 0.05) is 32.0 Å². The molecule has 3 rings (SSSR count). The number of benzene rings is 1. The monoisotopic (exact) mass is 299 g/mol. The Kier molecular flexibility index (Phi) is 4.90. The van der Waals surface area contributed by atoms with Crippen molar-refractivity contribution < 1.29 is 5.11 Å². The standard InChI is InChI=1S/C18H25N3O/c22-18(17-6-2-1-3-7-17)8-13-20(14-9-18)11-4-5-12-21-15-10-19-16-21/h1-3,6-7,10,15-16,22H,4-5,8-9,11-14H2. The minimum atomic E-state index is -0.630. The van der Waals surface area contributed by atoms with E-state index in [1.165, 1.54) is 12.8 Å². The Morgan fingerprint density at radius 1 is 1.05 bits per heavy atom. The fourth-order valence-electron chi connectivity index (χ4n) is 3.23. The Bertz CT molecular complexity index is 545. The molecule has 0 saturated carbocycles. The van der Waals surface area contributed by atoms with Crippen molar-refractivity contribution in [3.05, 3.63) is 54.6 Å². The van der Waals surface area contributed by atoms with Crippen LogP contribution in [0.1, 0.15) is 31.2 Å². The summed E-state index contributed by atoms with van der Waals surface area (Å²) in [5, 5.41) is 10.8. The number of hydrogen-bond acceptors (Lipinski definition) is 3. The van der Waals surface area contributed by atoms with Gasteiger partial charge in [-0.2, -0.15) is 0 Å². The maximum atomic E-state index is 10.8. The predicted octanol–water partition coefficient (Wildman–Crippen LogP) is 2.65. The normalized spacial score (nSPS) is 18.4. The molecule has 0 amide bonds. The van der Waals surface area contributed by atoms with Crippen LogP contribution in [0.4, 0.5) is 0 Å². The maximum Gasteiger partial charge on any atom is 0.0945 e. The molecule has 1 saturated heterocycles. The highest BCUT2D eigenvalue weighted by molar-refractivity contribution is 5.22. The minimum Gasteiger partial charge on any atom is -0.385 e. The zero-order valence-electron chi connectivity index (χ0n) is 13.1. The molecular weight excluding hydrogens is 274 g/mol. The van der Waals surface area contributed by atoms with Gasteiger partial charge in [-0.25, -0.2) is 4.98 Å². The van der Waals surface area contributed by atoms with Crippen LogP contribution in [0.25, 0.3) is 0 Å². The number of unbranched alkanes of at least 4 members (excludes halogenated alkanes) is 1. The summed E-state index contributed by atoms with van der Waals surface area (Å²) in [5.41, 5.74) is 0.434. The molecule has 1 aliphatic heterocycles. The lowest BCUT2D eigenvalue weighted by molar-refractivity contribution is -0.0261. The van der Waals surface area contributed by atoms with E-state index in [0.717, 1.165) is 44.6 Å². The molecule has 4 heteroatoms. The number of likely N-dealkylation sites (tertiary alicyclic amines) is 1. The number of aliphatic hydroxyl groups is 1. The SMILES string of the molecule is OC1(c2ccccc2)CCN(CCCCn2ccnc2)CC1. The molecule has 1 aliphatic rings. The molecule has 0 aliphatic carbocycles. The van der Waals surface area contributed by atoms with Crippen molar-refractivity contribution >= 4 is 0 Å². The summed E-state index contributed by atoms with van der Waals surface area (Å²) in [7, 11) is 0. The number of nitrogens with zero attached hydrogens (tertiary/aromatic N) is 3. The number of rotatable bonds is 6. The van der Waals surface area contributed by atoms with Crippen LogP contribution in [0.5, 0.6) is 0 Å². The van der Waals surface area contributed by atoms with Crippen molar-refractivity contribution in [2.24, 2.45) is 0 Å². The Balaban J connectivity index is 1.40. The lowest BCUT2D eigenvalue weighted by Gasteiger charge is -2.38. The summed E-state index contributed by atoms with van der Waals surface area (Å²) >= 11 is 0. The van der Waals surface area contributed by atoms with Crippen LogP contribution in [0.2, 0.25) is 0 Å². The number of imidazole rings is 1. The molecule has 0 atom stereocenters. The molecule has 2 aromatic rings. The Labute approximate surface area is 132 Å². The first-order chi connectivity index (χ1) is 10.8. The summed E-state index contributed by atoms with van der Waals surface area (Å²) in [6.07, 6.45) is 9.76. The summed E-state index contributed by atoms with van der Waals surface area (Å²) in [6.45, 7) is 4.13. The average molecular weight is 299 g/mol. The van der Waals surface area contributed by atoms with E-state index in [4.69, 9.17) is 0 Å². The largest absolute Gasteiger partial charge is 0.385 e. The molecule has 4 nitrogen and oxygen atoms in total. The van der Waals surface area contributed by atoms with Crippen molar-refractivity contribution in [3.8, 4) is 0 Å². The van der Waals surface area contributed by atoms with Gasteiger partial charge in [0.05, 0.1) is 11.9 Å². The van der Waals surface area contributed by atoms with Gasteiger partial charge in [0.15, 0.2) is 0 Å². The van der Waals surface area contributed by atoms with Crippen molar-refractivity contribution in [1.29, 1.82) is 0 Å². The third kappa shape index (κ3) is 3.76. The molecule has 1 fully saturated rings. The van der Waals surface area contributed by atoms with Crippen molar-refractivity contribution in [2.75, 3.05) is 19.6 Å². The summed E-state index contributed by atoms with van der Waals surface area (Å²) in [6, 6.07) is 10.1. The van der Waals surface area contributed by atoms with Gasteiger partial charge in [0.2, 0.25) is 0 Å². The van der Waals surface area contributed by atoms with Crippen LogP contribution >= 0.6 is 0 Å². The Morgan fingerprint density at radius 3 is 2.45 bits per heavy atom. The summed E-state index contributed by atoms with van der Waals surface area (Å²) in [5.74, 6) is 0. The minimum absolute atomic E-state index is 0.630. The van der Waals surface area contributed by atoms with E-state index in [2.05, 4.69) is 14.5 Å². The molecular formula is C18H25N3O. The topological polar surface area (TPSA) is 41.3 Å². The van der Waals surface area contributed by atoms with Crippen LogP contribution in [0, 0.1) is 0 Å². The molecule has 0 unspecified atom stereocenters. The highest BCUT2D eigenvalue weighted by atomic mass is 16.3. The van der Waals surface area contributed by atoms with Crippen molar-refractivity contribution in [3.63, 3.8) is 0 Å². The zero-order valence-corrected chi connectivity index (χ0v) is 13.1. The molecule has 1 aromatic carbocycles. The Hall–Kier alpha value is -1.65. The van der Waals surface area contributed by atoms with Crippen LogP contribution in [0.3, 0.4) is 0 Å². The lowest BCUT2D eigenvalue weighted by Crippen LogP contribution is -2.42. The van der Waals surface area contributed by atoms with E-state index < -0.39 is 5.60 Å². The van der Waals surface area contributed by atoms with Gasteiger partial charge in [-0.1, -0.05) is 30.3 Å². The van der Waals surface area contributed by atoms with E-state index in [9.17, 15) is 5.11 Å². The van der Waals surface area contributed by atoms with Crippen molar-refractivity contribution in [1.82, 2.24) is 14.5 Å². The molecule has 0 radical (unpaired) electrons. The van der Waals surface area contributed by atoms with Gasteiger partial charge in [0.25, 0.3) is 0 Å². The lowest BCUT2D eigenvalue weighted by atomic mass is 9.84. The van der Waals surface area contributed by atoms with Crippen molar-refractivity contribution in [2.45, 2.75) is 37.8 Å². The molecule has 0 spiro atoms. The van der Waals surface area contributed by atoms with E-state index >= 15 is 0 Å². The van der Waals surface area contributed by atoms with Crippen LogP contribution in [-0.2, 0) is 12.1 Å². The van der Waals surface area contributed by atoms with Gasteiger partial charge in [-0.05, 0) is 37.8 Å². The quantitative estimate of drug-likeness (QED) is 0.834. The smallest absolute Gasteiger partial charge is 0.0945 e. The predicted molar refractivity (Wildman–Crippen MR) is 87.5 cm³/mol. The second-order valence-corrected chi connectivity index (χ2v) is 6.25. The number of aromatic nitrogens is 2. The van der Waals surface area contributed by atoms with Gasteiger partial charge >= 0.3 is 0 Å². The fraction of sp³-hybridized carbons (Fsp3) is 0.500. The third-order valence-electron chi connectivity index (χ3n) is 4.69.